The summed E-state index contributed by atoms with van der Waals surface area (Å²) in [6.07, 6.45) is 3.15. The first-order valence-corrected chi connectivity index (χ1v) is 4.33. The summed E-state index contributed by atoms with van der Waals surface area (Å²) in [6.45, 7) is 0. The first kappa shape index (κ1) is 10.7. The lowest BCUT2D eigenvalue weighted by Gasteiger charge is -1.97. The van der Waals surface area contributed by atoms with Crippen molar-refractivity contribution in [3.63, 3.8) is 0 Å². The molecule has 74 valence electrons. The molecule has 0 aliphatic carbocycles. The molecule has 0 aromatic carbocycles. The molecule has 0 fully saturated rings. The van der Waals surface area contributed by atoms with Crippen molar-refractivity contribution in [3.8, 4) is 0 Å². The predicted octanol–water partition coefficient (Wildman–Crippen LogP) is 0.970. The fourth-order valence-electron chi connectivity index (χ4n) is 1.08. The van der Waals surface area contributed by atoms with Crippen molar-refractivity contribution in [2.45, 2.75) is 0 Å². The van der Waals surface area contributed by atoms with Gasteiger partial charge in [0.1, 0.15) is 10.3 Å². The third-order valence-electron chi connectivity index (χ3n) is 1.71. The van der Waals surface area contributed by atoms with Crippen LogP contribution >= 0.6 is 15.9 Å². The standard InChI is InChI=1S/C8H5BrN2O2.H2O/c9-6-3-10-7-2-1-5(8(12)13)4-11(6)7;/h1-4H,(H,12,13);1H2. The van der Waals surface area contributed by atoms with E-state index in [9.17, 15) is 4.79 Å². The molecule has 0 amide bonds. The third kappa shape index (κ3) is 1.61. The summed E-state index contributed by atoms with van der Waals surface area (Å²) in [5.41, 5.74) is 0.961. The molecule has 0 bridgehead atoms. The average molecular weight is 259 g/mol. The highest BCUT2D eigenvalue weighted by molar-refractivity contribution is 9.10. The van der Waals surface area contributed by atoms with Crippen molar-refractivity contribution < 1.29 is 15.4 Å². The van der Waals surface area contributed by atoms with Crippen LogP contribution in [0.4, 0.5) is 0 Å². The Morgan fingerprint density at radius 3 is 2.86 bits per heavy atom. The zero-order chi connectivity index (χ0) is 9.42. The van der Waals surface area contributed by atoms with E-state index < -0.39 is 5.97 Å². The van der Waals surface area contributed by atoms with Crippen molar-refractivity contribution in [2.24, 2.45) is 0 Å². The maximum absolute atomic E-state index is 10.6. The van der Waals surface area contributed by atoms with Gasteiger partial charge in [0.25, 0.3) is 0 Å². The molecule has 0 aliphatic heterocycles. The molecule has 6 heteroatoms. The second-order valence-electron chi connectivity index (χ2n) is 2.53. The number of hydrogen-bond acceptors (Lipinski definition) is 2. The number of aromatic nitrogens is 2. The Balaban J connectivity index is 0.000000980. The maximum atomic E-state index is 10.6. The summed E-state index contributed by atoms with van der Waals surface area (Å²) in [6, 6.07) is 3.19. The van der Waals surface area contributed by atoms with Crippen LogP contribution < -0.4 is 0 Å². The molecule has 3 N–H and O–H groups in total. The normalized spacial score (nSPS) is 9.79. The highest BCUT2D eigenvalue weighted by Gasteiger charge is 2.05. The number of fused-ring (bicyclic) bond motifs is 1. The molecule has 0 saturated carbocycles. The van der Waals surface area contributed by atoms with Crippen LogP contribution in [0, 0.1) is 0 Å². The number of carbonyl (C=O) groups is 1. The molecule has 2 heterocycles. The molecule has 2 rings (SSSR count). The summed E-state index contributed by atoms with van der Waals surface area (Å²) in [5, 5.41) is 8.72. The summed E-state index contributed by atoms with van der Waals surface area (Å²) in [4.78, 5) is 14.7. The largest absolute Gasteiger partial charge is 0.478 e. The van der Waals surface area contributed by atoms with E-state index in [1.807, 2.05) is 0 Å². The van der Waals surface area contributed by atoms with Gasteiger partial charge in [-0.05, 0) is 28.1 Å². The lowest BCUT2D eigenvalue weighted by atomic mass is 10.3. The van der Waals surface area contributed by atoms with Crippen LogP contribution in [0.15, 0.2) is 29.1 Å². The van der Waals surface area contributed by atoms with E-state index in [1.165, 1.54) is 12.3 Å². The minimum Gasteiger partial charge on any atom is -0.478 e. The number of rotatable bonds is 1. The van der Waals surface area contributed by atoms with Gasteiger partial charge in [-0.15, -0.1) is 0 Å². The first-order valence-electron chi connectivity index (χ1n) is 3.54. The molecule has 14 heavy (non-hydrogen) atoms. The molecule has 2 aromatic rings. The molecule has 0 saturated heterocycles. The number of aromatic carboxylic acids is 1. The molecular weight excluding hydrogens is 252 g/mol. The number of imidazole rings is 1. The van der Waals surface area contributed by atoms with E-state index in [2.05, 4.69) is 20.9 Å². The van der Waals surface area contributed by atoms with Gasteiger partial charge in [0.05, 0.1) is 11.8 Å². The Labute approximate surface area is 87.4 Å². The van der Waals surface area contributed by atoms with Gasteiger partial charge in [0.15, 0.2) is 0 Å². The van der Waals surface area contributed by atoms with Crippen LogP contribution in [0.1, 0.15) is 10.4 Å². The second-order valence-corrected chi connectivity index (χ2v) is 3.34. The van der Waals surface area contributed by atoms with Crippen LogP contribution in [-0.2, 0) is 0 Å². The number of carboxylic acids is 1. The molecule has 0 spiro atoms. The molecule has 5 nitrogen and oxygen atoms in total. The Hall–Kier alpha value is -1.40. The van der Waals surface area contributed by atoms with Gasteiger partial charge in [-0.25, -0.2) is 9.78 Å². The zero-order valence-electron chi connectivity index (χ0n) is 6.94. The minimum atomic E-state index is -0.942. The lowest BCUT2D eigenvalue weighted by molar-refractivity contribution is 0.0696. The zero-order valence-corrected chi connectivity index (χ0v) is 8.52. The molecule has 2 aromatic heterocycles. The highest BCUT2D eigenvalue weighted by Crippen LogP contribution is 2.13. The number of halogens is 1. The van der Waals surface area contributed by atoms with Crippen LogP contribution in [0.25, 0.3) is 5.65 Å². The number of hydrogen-bond donors (Lipinski definition) is 1. The SMILES string of the molecule is O.O=C(O)c1ccc2ncc(Br)n2c1. The van der Waals surface area contributed by atoms with Crippen LogP contribution in [0.5, 0.6) is 0 Å². The average Bonchev–Trinajstić information content (AvgIpc) is 2.47. The Morgan fingerprint density at radius 2 is 2.21 bits per heavy atom. The van der Waals surface area contributed by atoms with E-state index in [0.29, 0.717) is 0 Å². The van der Waals surface area contributed by atoms with Gasteiger partial charge in [0, 0.05) is 6.20 Å². The van der Waals surface area contributed by atoms with Crippen LogP contribution in [-0.4, -0.2) is 25.9 Å². The van der Waals surface area contributed by atoms with Crippen molar-refractivity contribution in [2.75, 3.05) is 0 Å². The van der Waals surface area contributed by atoms with E-state index in [0.717, 1.165) is 10.3 Å². The number of pyridine rings is 1. The van der Waals surface area contributed by atoms with Gasteiger partial charge >= 0.3 is 5.97 Å². The lowest BCUT2D eigenvalue weighted by Crippen LogP contribution is -1.98. The Kier molecular flexibility index (Phi) is 2.87. The topological polar surface area (TPSA) is 86.1 Å². The first-order chi connectivity index (χ1) is 6.18. The van der Waals surface area contributed by atoms with Gasteiger partial charge in [0.2, 0.25) is 0 Å². The predicted molar refractivity (Wildman–Crippen MR) is 53.5 cm³/mol. The smallest absolute Gasteiger partial charge is 0.337 e. The second kappa shape index (κ2) is 3.77. The summed E-state index contributed by atoms with van der Waals surface area (Å²) in [7, 11) is 0. The van der Waals surface area contributed by atoms with Crippen LogP contribution in [0.3, 0.4) is 0 Å². The molecular formula is C8H7BrN2O3. The Morgan fingerprint density at radius 1 is 1.50 bits per heavy atom. The van der Waals surface area contributed by atoms with E-state index >= 15 is 0 Å². The highest BCUT2D eigenvalue weighted by atomic mass is 79.9. The molecule has 0 aliphatic rings. The number of carboxylic acid groups (broad SMARTS) is 1. The molecule has 0 radical (unpaired) electrons. The fourth-order valence-corrected chi connectivity index (χ4v) is 1.46. The van der Waals surface area contributed by atoms with Gasteiger partial charge < -0.3 is 10.6 Å². The monoisotopic (exact) mass is 258 g/mol. The van der Waals surface area contributed by atoms with Crippen molar-refractivity contribution >= 4 is 27.5 Å². The van der Waals surface area contributed by atoms with Crippen LogP contribution in [0.2, 0.25) is 0 Å². The number of nitrogens with zero attached hydrogens (tertiary/aromatic N) is 2. The Bertz CT molecular complexity index is 480. The third-order valence-corrected chi connectivity index (χ3v) is 2.29. The maximum Gasteiger partial charge on any atom is 0.337 e. The van der Waals surface area contributed by atoms with E-state index in [-0.39, 0.29) is 11.0 Å². The van der Waals surface area contributed by atoms with Gasteiger partial charge in [-0.3, -0.25) is 4.40 Å². The van der Waals surface area contributed by atoms with Crippen molar-refractivity contribution in [3.05, 3.63) is 34.7 Å². The van der Waals surface area contributed by atoms with Crippen molar-refractivity contribution in [1.82, 2.24) is 9.38 Å². The van der Waals surface area contributed by atoms with E-state index in [4.69, 9.17) is 5.11 Å². The minimum absolute atomic E-state index is 0. The fraction of sp³-hybridized carbons (Fsp3) is 0. The summed E-state index contributed by atoms with van der Waals surface area (Å²) >= 11 is 3.26. The summed E-state index contributed by atoms with van der Waals surface area (Å²) < 4.78 is 2.41. The van der Waals surface area contributed by atoms with Crippen molar-refractivity contribution in [1.29, 1.82) is 0 Å². The van der Waals surface area contributed by atoms with Gasteiger partial charge in [-0.2, -0.15) is 0 Å². The quantitative estimate of drug-likeness (QED) is 0.827. The summed E-state index contributed by atoms with van der Waals surface area (Å²) in [5.74, 6) is -0.942. The molecule has 0 unspecified atom stereocenters. The van der Waals surface area contributed by atoms with Gasteiger partial charge in [-0.1, -0.05) is 0 Å². The van der Waals surface area contributed by atoms with E-state index in [1.54, 1.807) is 16.7 Å². The molecule has 0 atom stereocenters.